The fraction of sp³-hybridized carbons (Fsp3) is 0.610. The van der Waals surface area contributed by atoms with Gasteiger partial charge in [0.25, 0.3) is 0 Å². The number of benzene rings is 4. The Bertz CT molecular complexity index is 3320. The smallest absolute Gasteiger partial charge is 0.193 e. The number of rotatable bonds is 29. The van der Waals surface area contributed by atoms with Crippen LogP contribution in [0, 0.1) is 0 Å². The van der Waals surface area contributed by atoms with Crippen LogP contribution < -0.4 is 21.2 Å². The van der Waals surface area contributed by atoms with Gasteiger partial charge in [-0.05, 0) is 145 Å². The fourth-order valence-electron chi connectivity index (χ4n) is 10.9. The molecule has 0 aliphatic heterocycles. The van der Waals surface area contributed by atoms with Crippen molar-refractivity contribution in [3.8, 4) is 0 Å². The van der Waals surface area contributed by atoms with E-state index in [0.29, 0.717) is 51.6 Å². The molecular weight excluding hydrogens is 1380 g/mol. The minimum absolute atomic E-state index is 0.000274. The molecule has 2 aliphatic carbocycles. The van der Waals surface area contributed by atoms with Crippen molar-refractivity contribution in [3.63, 3.8) is 0 Å². The van der Waals surface area contributed by atoms with E-state index in [0.717, 1.165) is 62.4 Å². The van der Waals surface area contributed by atoms with Crippen LogP contribution in [0.2, 0.25) is 110 Å². The molecule has 2 aliphatic rings. The van der Waals surface area contributed by atoms with Crippen molar-refractivity contribution in [3.05, 3.63) is 169 Å². The maximum absolute atomic E-state index is 15.1. The van der Waals surface area contributed by atoms with Gasteiger partial charge in [-0.15, -0.1) is 0 Å². The molecule has 0 N–H and O–H groups in total. The van der Waals surface area contributed by atoms with Gasteiger partial charge in [0, 0.05) is 72.8 Å². The first-order valence-corrected chi connectivity index (χ1v) is 58.6. The van der Waals surface area contributed by atoms with Crippen LogP contribution in [0.4, 0.5) is 0 Å². The van der Waals surface area contributed by atoms with E-state index in [4.69, 9.17) is 49.2 Å². The molecule has 0 saturated heterocycles. The van der Waals surface area contributed by atoms with Gasteiger partial charge in [0.1, 0.15) is 26.5 Å². The van der Waals surface area contributed by atoms with Gasteiger partial charge in [-0.2, -0.15) is 0 Å². The molecule has 0 bridgehead atoms. The summed E-state index contributed by atoms with van der Waals surface area (Å²) in [6.07, 6.45) is 6.27. The first-order valence-electron chi connectivity index (χ1n) is 37.2. The average Bonchev–Trinajstić information content (AvgIpc) is 0.768. The minimum atomic E-state index is -2.98. The Morgan fingerprint density at radius 1 is 0.390 bits per heavy atom. The molecule has 560 valence electrons. The molecule has 2 fully saturated rings. The zero-order valence-electron chi connectivity index (χ0n) is 67.8. The van der Waals surface area contributed by atoms with Crippen LogP contribution >= 0.6 is 14.3 Å². The summed E-state index contributed by atoms with van der Waals surface area (Å²) in [5.41, 5.74) is 3.99. The van der Waals surface area contributed by atoms with Crippen molar-refractivity contribution in [1.29, 1.82) is 0 Å². The lowest BCUT2D eigenvalue weighted by atomic mass is 9.84. The lowest BCUT2D eigenvalue weighted by molar-refractivity contribution is -0.0879. The van der Waals surface area contributed by atoms with Gasteiger partial charge in [-0.25, -0.2) is 0 Å². The summed E-state index contributed by atoms with van der Waals surface area (Å²) in [5.74, 6) is 0. The summed E-state index contributed by atoms with van der Waals surface area (Å²) >= 11 is 0. The highest BCUT2D eigenvalue weighted by atomic mass is 31.2. The van der Waals surface area contributed by atoms with Gasteiger partial charge in [0.2, 0.25) is 0 Å². The van der Waals surface area contributed by atoms with Gasteiger partial charge < -0.3 is 45.2 Å². The normalized spacial score (nSPS) is 21.0. The number of ether oxygens (including phenoxy) is 2. The molecule has 100 heavy (non-hydrogen) atoms. The Balaban J connectivity index is 0.000000361. The van der Waals surface area contributed by atoms with Gasteiger partial charge in [0.05, 0.1) is 24.4 Å². The second-order valence-electron chi connectivity index (χ2n) is 36.5. The van der Waals surface area contributed by atoms with Crippen LogP contribution in [-0.2, 0) is 45.2 Å². The Hall–Kier alpha value is -2.72. The molecule has 0 spiro atoms. The van der Waals surface area contributed by atoms with Gasteiger partial charge in [0.15, 0.2) is 49.9 Å². The molecule has 0 aromatic heterocycles. The molecule has 0 heterocycles. The average molecular weight is 1510 g/mol. The number of hydrogen-bond acceptors (Lipinski definition) is 10. The molecule has 6 rings (SSSR count). The maximum atomic E-state index is 15.1. The lowest BCUT2D eigenvalue weighted by Gasteiger charge is -2.49. The van der Waals surface area contributed by atoms with Gasteiger partial charge in [-0.3, -0.25) is 0 Å². The highest BCUT2D eigenvalue weighted by Gasteiger charge is 2.51. The summed E-state index contributed by atoms with van der Waals surface area (Å²) in [5, 5.41) is 3.77. The Labute approximate surface area is 617 Å². The van der Waals surface area contributed by atoms with E-state index in [-0.39, 0.29) is 61.8 Å². The lowest BCUT2D eigenvalue weighted by Crippen LogP contribution is -2.57. The molecule has 18 heteroatoms. The van der Waals surface area contributed by atoms with Crippen LogP contribution in [0.25, 0.3) is 0 Å². The van der Waals surface area contributed by atoms with Crippen molar-refractivity contribution in [2.75, 3.05) is 38.8 Å². The fourth-order valence-corrected chi connectivity index (χ4v) is 23.2. The Kier molecular flexibility index (Phi) is 30.7. The van der Waals surface area contributed by atoms with Crippen LogP contribution in [0.15, 0.2) is 169 Å². The number of hydrogen-bond donors (Lipinski definition) is 0. The first kappa shape index (κ1) is 87.9. The third kappa shape index (κ3) is 23.1. The van der Waals surface area contributed by atoms with Crippen molar-refractivity contribution in [2.24, 2.45) is 0 Å². The zero-order valence-corrected chi connectivity index (χ0v) is 75.6. The highest BCUT2D eigenvalue weighted by Crippen LogP contribution is 2.50. The zero-order chi connectivity index (χ0) is 75.6. The third-order valence-electron chi connectivity index (χ3n) is 23.3. The van der Waals surface area contributed by atoms with Crippen molar-refractivity contribution in [2.45, 2.75) is 283 Å². The van der Waals surface area contributed by atoms with Crippen LogP contribution in [0.1, 0.15) is 136 Å². The second-order valence-corrected chi connectivity index (χ2v) is 70.6. The predicted octanol–water partition coefficient (Wildman–Crippen LogP) is 22.1. The van der Waals surface area contributed by atoms with Crippen molar-refractivity contribution in [1.82, 2.24) is 0 Å². The van der Waals surface area contributed by atoms with Crippen molar-refractivity contribution < 1.29 is 45.2 Å². The summed E-state index contributed by atoms with van der Waals surface area (Å²) in [7, 11) is -18.4. The molecule has 2 saturated carbocycles. The summed E-state index contributed by atoms with van der Waals surface area (Å²) in [6.45, 7) is 75.8. The minimum Gasteiger partial charge on any atom is -0.417 e. The predicted molar refractivity (Wildman–Crippen MR) is 447 cm³/mol. The molecule has 0 amide bonds. The van der Waals surface area contributed by atoms with E-state index in [1.54, 1.807) is 0 Å². The van der Waals surface area contributed by atoms with Gasteiger partial charge >= 0.3 is 0 Å². The SMILES string of the molecule is C=C1/C(=C\CP(=O)(c2ccccc2)c2ccccc2)C[C@@H](O[Si](C)(C)CC)[C@@H](OCCCO[Si](C)(C)C(C)(C)C)[C@H]1O[Si](C)(C)C(C)(C)C.C=C1/C(=C\CP(=O)(c2ccccc2)c2ccccc2)C[C@H](O[Si](C)(C)C(C)(C)C)[C@H](OCCCO[Si](C)(C)C(C)(C)C)[C@@H]1O[Si](C)(C)C(C)(C)C. The number of allylic oxidation sites excluding steroid dienone is 2. The molecule has 0 radical (unpaired) electrons. The van der Waals surface area contributed by atoms with Crippen molar-refractivity contribution >= 4 is 85.4 Å². The van der Waals surface area contributed by atoms with E-state index in [9.17, 15) is 0 Å². The topological polar surface area (TPSA) is 108 Å². The van der Waals surface area contributed by atoms with Crippen LogP contribution in [-0.4, -0.2) is 125 Å². The summed E-state index contributed by atoms with van der Waals surface area (Å²) in [6, 6.07) is 40.6. The summed E-state index contributed by atoms with van der Waals surface area (Å²) < 4.78 is 85.8. The van der Waals surface area contributed by atoms with Crippen LogP contribution in [0.5, 0.6) is 0 Å². The second kappa shape index (κ2) is 34.9. The molecule has 4 aromatic carbocycles. The molecule has 6 atom stereocenters. The summed E-state index contributed by atoms with van der Waals surface area (Å²) in [4.78, 5) is 0. The largest absolute Gasteiger partial charge is 0.417 e. The van der Waals surface area contributed by atoms with E-state index < -0.39 is 64.2 Å². The molecule has 10 nitrogen and oxygen atoms in total. The molecule has 4 aromatic rings. The molecular formula is C82H138O10P2Si6. The van der Waals surface area contributed by atoms with Gasteiger partial charge in [-0.1, -0.05) is 257 Å². The van der Waals surface area contributed by atoms with E-state index >= 15 is 9.13 Å². The van der Waals surface area contributed by atoms with E-state index in [1.165, 1.54) is 0 Å². The molecule has 0 unspecified atom stereocenters. The Morgan fingerprint density at radius 3 is 0.910 bits per heavy atom. The van der Waals surface area contributed by atoms with E-state index in [2.05, 4.69) is 201 Å². The highest BCUT2D eigenvalue weighted by molar-refractivity contribution is 7.79. The Morgan fingerprint density at radius 2 is 0.650 bits per heavy atom. The van der Waals surface area contributed by atoms with E-state index in [1.807, 2.05) is 121 Å². The van der Waals surface area contributed by atoms with Crippen LogP contribution in [0.3, 0.4) is 0 Å². The quantitative estimate of drug-likeness (QED) is 0.0296. The third-order valence-corrected chi connectivity index (χ3v) is 54.4. The first-order chi connectivity index (χ1) is 45.8. The maximum Gasteiger partial charge on any atom is 0.193 e. The standard InChI is InChI=1S/C42H71O5PSi3.C40H67O5PSi3/c1-33-34(28-31-48(43,35-24-19-17-20-25-35)36-26-21-18-22-27-36)32-37(46-50(13,14)41(5,6)7)39(38(33)47-51(15,16)42(8,9)10)44-29-23-30-45-49(11,12)40(2,3)4;1-15-47(9,10)44-36-31-33(27-30-46(41,34-23-18-16-19-24-34)35-25-20-17-21-26-35)32(2)37(45-49(13,14)40(6,7)8)38(36)42-28-22-29-43-48(11,12)39(3,4)5/h17-22,24-28,37-39H,1,23,29-32H2,2-16H3;16-21,23-27,36-38H,2,15,22,28-31H2,1,3-14H3/b34-28-;33-27-/t37-,38+,39-;36-,37+,38-/m01/s1. The monoisotopic (exact) mass is 1510 g/mol.